The predicted octanol–water partition coefficient (Wildman–Crippen LogP) is 1.78. The van der Waals surface area contributed by atoms with Gasteiger partial charge < -0.3 is 15.1 Å². The number of aromatic nitrogens is 3. The Labute approximate surface area is 148 Å². The summed E-state index contributed by atoms with van der Waals surface area (Å²) in [5, 5.41) is 2.91. The smallest absolute Gasteiger partial charge is 0.251 e. The summed E-state index contributed by atoms with van der Waals surface area (Å²) in [7, 11) is 3.80. The monoisotopic (exact) mass is 340 g/mol. The van der Waals surface area contributed by atoms with Crippen molar-refractivity contribution in [2.24, 2.45) is 0 Å². The van der Waals surface area contributed by atoms with Crippen LogP contribution in [0.2, 0.25) is 0 Å². The number of hydrogen-bond donors (Lipinski definition) is 1. The Hall–Kier alpha value is -2.70. The van der Waals surface area contributed by atoms with E-state index in [1.54, 1.807) is 0 Å². The van der Waals surface area contributed by atoms with E-state index in [4.69, 9.17) is 0 Å². The molecule has 1 aliphatic rings. The molecule has 132 valence electrons. The fourth-order valence-electron chi connectivity index (χ4n) is 2.82. The Kier molecular flexibility index (Phi) is 5.11. The van der Waals surface area contributed by atoms with Crippen LogP contribution < -0.4 is 15.1 Å². The van der Waals surface area contributed by atoms with Crippen molar-refractivity contribution in [3.05, 3.63) is 41.2 Å². The van der Waals surface area contributed by atoms with Crippen LogP contribution in [0.1, 0.15) is 34.6 Å². The molecule has 1 fully saturated rings. The van der Waals surface area contributed by atoms with Crippen molar-refractivity contribution in [2.75, 3.05) is 37.0 Å². The second-order valence-electron chi connectivity index (χ2n) is 6.44. The number of carbonyl (C=O) groups excluding carboxylic acids is 1. The molecule has 0 unspecified atom stereocenters. The number of nitrogens with zero attached hydrogens (tertiary/aromatic N) is 5. The molecule has 1 aliphatic heterocycles. The first-order chi connectivity index (χ1) is 12.0. The van der Waals surface area contributed by atoms with Crippen LogP contribution in [-0.4, -0.2) is 48.0 Å². The molecule has 1 aromatic heterocycles. The topological polar surface area (TPSA) is 74.2 Å². The lowest BCUT2D eigenvalue weighted by molar-refractivity contribution is 0.0949. The minimum Gasteiger partial charge on any atom is -0.347 e. The second-order valence-corrected chi connectivity index (χ2v) is 6.44. The van der Waals surface area contributed by atoms with E-state index in [0.29, 0.717) is 23.3 Å². The SMILES string of the molecule is Cc1ccccc1C(=O)NCc1nc(N(C)C)nc(N2CCCC2)n1. The van der Waals surface area contributed by atoms with Crippen LogP contribution in [0.3, 0.4) is 0 Å². The molecule has 2 aromatic rings. The maximum absolute atomic E-state index is 12.4. The van der Waals surface area contributed by atoms with Crippen LogP contribution in [0.4, 0.5) is 11.9 Å². The fraction of sp³-hybridized carbons (Fsp3) is 0.444. The normalized spacial score (nSPS) is 13.8. The van der Waals surface area contributed by atoms with Crippen LogP contribution in [-0.2, 0) is 6.54 Å². The molecule has 0 bridgehead atoms. The summed E-state index contributed by atoms with van der Waals surface area (Å²) in [5.41, 5.74) is 1.62. The molecule has 0 aliphatic carbocycles. The molecule has 7 nitrogen and oxygen atoms in total. The molecule has 2 heterocycles. The third kappa shape index (κ3) is 4.04. The zero-order valence-electron chi connectivity index (χ0n) is 15.0. The molecule has 0 radical (unpaired) electrons. The zero-order valence-corrected chi connectivity index (χ0v) is 15.0. The Bertz CT molecular complexity index is 755. The summed E-state index contributed by atoms with van der Waals surface area (Å²) in [5.74, 6) is 1.75. The zero-order chi connectivity index (χ0) is 17.8. The Morgan fingerprint density at radius 3 is 2.56 bits per heavy atom. The summed E-state index contributed by atoms with van der Waals surface area (Å²) in [6.07, 6.45) is 2.31. The lowest BCUT2D eigenvalue weighted by Gasteiger charge is -2.19. The highest BCUT2D eigenvalue weighted by Gasteiger charge is 2.18. The molecular formula is C18H24N6O. The number of rotatable bonds is 5. The van der Waals surface area contributed by atoms with E-state index in [-0.39, 0.29) is 12.5 Å². The number of amides is 1. The summed E-state index contributed by atoms with van der Waals surface area (Å²) in [4.78, 5) is 30.0. The number of hydrogen-bond acceptors (Lipinski definition) is 6. The van der Waals surface area contributed by atoms with E-state index < -0.39 is 0 Å². The van der Waals surface area contributed by atoms with Gasteiger partial charge in [0, 0.05) is 32.7 Å². The molecule has 25 heavy (non-hydrogen) atoms. The first kappa shape index (κ1) is 17.1. The van der Waals surface area contributed by atoms with Gasteiger partial charge in [-0.3, -0.25) is 4.79 Å². The molecule has 1 amide bonds. The van der Waals surface area contributed by atoms with Gasteiger partial charge in [0.05, 0.1) is 6.54 Å². The third-order valence-electron chi connectivity index (χ3n) is 4.24. The van der Waals surface area contributed by atoms with Gasteiger partial charge in [-0.1, -0.05) is 18.2 Å². The van der Waals surface area contributed by atoms with E-state index in [9.17, 15) is 4.79 Å². The van der Waals surface area contributed by atoms with E-state index in [0.717, 1.165) is 31.5 Å². The van der Waals surface area contributed by atoms with Gasteiger partial charge in [0.1, 0.15) is 0 Å². The maximum atomic E-state index is 12.4. The lowest BCUT2D eigenvalue weighted by atomic mass is 10.1. The van der Waals surface area contributed by atoms with Crippen molar-refractivity contribution in [1.29, 1.82) is 0 Å². The van der Waals surface area contributed by atoms with Crippen molar-refractivity contribution in [1.82, 2.24) is 20.3 Å². The standard InChI is InChI=1S/C18H24N6O/c1-13-8-4-5-9-14(13)16(25)19-12-15-20-17(23(2)3)22-18(21-15)24-10-6-7-11-24/h4-5,8-9H,6-7,10-12H2,1-3H3,(H,19,25). The number of anilines is 2. The quantitative estimate of drug-likeness (QED) is 0.894. The fourth-order valence-corrected chi connectivity index (χ4v) is 2.82. The first-order valence-electron chi connectivity index (χ1n) is 8.55. The molecule has 1 saturated heterocycles. The number of carbonyl (C=O) groups is 1. The minimum absolute atomic E-state index is 0.118. The molecular weight excluding hydrogens is 316 g/mol. The van der Waals surface area contributed by atoms with Gasteiger partial charge in [-0.2, -0.15) is 15.0 Å². The molecule has 3 rings (SSSR count). The Balaban J connectivity index is 1.77. The van der Waals surface area contributed by atoms with Gasteiger partial charge in [0.25, 0.3) is 5.91 Å². The van der Waals surface area contributed by atoms with E-state index in [2.05, 4.69) is 25.2 Å². The minimum atomic E-state index is -0.118. The van der Waals surface area contributed by atoms with Crippen LogP contribution in [0.15, 0.2) is 24.3 Å². The molecule has 7 heteroatoms. The molecule has 0 saturated carbocycles. The summed E-state index contributed by atoms with van der Waals surface area (Å²) in [6, 6.07) is 7.52. The second kappa shape index (κ2) is 7.46. The number of nitrogens with one attached hydrogen (secondary N) is 1. The summed E-state index contributed by atoms with van der Waals surface area (Å²) in [6.45, 7) is 4.13. The number of aryl methyl sites for hydroxylation is 1. The highest BCUT2D eigenvalue weighted by molar-refractivity contribution is 5.95. The van der Waals surface area contributed by atoms with Gasteiger partial charge >= 0.3 is 0 Å². The van der Waals surface area contributed by atoms with E-state index >= 15 is 0 Å². The average molecular weight is 340 g/mol. The van der Waals surface area contributed by atoms with Crippen molar-refractivity contribution >= 4 is 17.8 Å². The Morgan fingerprint density at radius 1 is 1.16 bits per heavy atom. The van der Waals surface area contributed by atoms with Crippen LogP contribution >= 0.6 is 0 Å². The largest absolute Gasteiger partial charge is 0.347 e. The van der Waals surface area contributed by atoms with Crippen molar-refractivity contribution < 1.29 is 4.79 Å². The van der Waals surface area contributed by atoms with Gasteiger partial charge in [0.15, 0.2) is 5.82 Å². The number of benzene rings is 1. The summed E-state index contributed by atoms with van der Waals surface area (Å²) < 4.78 is 0. The van der Waals surface area contributed by atoms with Crippen molar-refractivity contribution in [3.8, 4) is 0 Å². The van der Waals surface area contributed by atoms with Gasteiger partial charge in [-0.15, -0.1) is 0 Å². The van der Waals surface area contributed by atoms with Crippen molar-refractivity contribution in [2.45, 2.75) is 26.3 Å². The van der Waals surface area contributed by atoms with Gasteiger partial charge in [-0.25, -0.2) is 0 Å². The van der Waals surface area contributed by atoms with Crippen LogP contribution in [0.5, 0.6) is 0 Å². The highest BCUT2D eigenvalue weighted by Crippen LogP contribution is 2.18. The van der Waals surface area contributed by atoms with Gasteiger partial charge in [0.2, 0.25) is 11.9 Å². The summed E-state index contributed by atoms with van der Waals surface area (Å²) >= 11 is 0. The van der Waals surface area contributed by atoms with Gasteiger partial charge in [-0.05, 0) is 31.4 Å². The first-order valence-corrected chi connectivity index (χ1v) is 8.55. The van der Waals surface area contributed by atoms with Crippen LogP contribution in [0, 0.1) is 6.92 Å². The molecule has 1 N–H and O–H groups in total. The van der Waals surface area contributed by atoms with E-state index in [1.165, 1.54) is 0 Å². The molecule has 0 spiro atoms. The van der Waals surface area contributed by atoms with Crippen molar-refractivity contribution in [3.63, 3.8) is 0 Å². The Morgan fingerprint density at radius 2 is 1.88 bits per heavy atom. The lowest BCUT2D eigenvalue weighted by Crippen LogP contribution is -2.28. The maximum Gasteiger partial charge on any atom is 0.251 e. The predicted molar refractivity (Wildman–Crippen MR) is 98.0 cm³/mol. The molecule has 0 atom stereocenters. The third-order valence-corrected chi connectivity index (χ3v) is 4.24. The highest BCUT2D eigenvalue weighted by atomic mass is 16.1. The average Bonchev–Trinajstić information content (AvgIpc) is 3.14. The van der Waals surface area contributed by atoms with E-state index in [1.807, 2.05) is 50.2 Å². The van der Waals surface area contributed by atoms with Crippen LogP contribution in [0.25, 0.3) is 0 Å². The molecule has 1 aromatic carbocycles.